The third-order valence-corrected chi connectivity index (χ3v) is 3.81. The highest BCUT2D eigenvalue weighted by Gasteiger charge is 2.34. The molecule has 17 heavy (non-hydrogen) atoms. The fourth-order valence-corrected chi connectivity index (χ4v) is 2.98. The Kier molecular flexibility index (Phi) is 4.18. The molecule has 4 heteroatoms. The molecule has 2 nitrogen and oxygen atoms in total. The van der Waals surface area contributed by atoms with Crippen molar-refractivity contribution in [3.63, 3.8) is 0 Å². The van der Waals surface area contributed by atoms with E-state index >= 15 is 0 Å². The Bertz CT molecular complexity index is 405. The molecule has 0 saturated heterocycles. The number of hydrogen-bond donors (Lipinski definition) is 1. The molecule has 1 atom stereocenters. The molecule has 1 aliphatic rings. The number of ether oxygens (including phenoxy) is 1. The number of methoxy groups -OCH3 is 1. The van der Waals surface area contributed by atoms with Crippen LogP contribution in [-0.2, 0) is 0 Å². The van der Waals surface area contributed by atoms with Crippen molar-refractivity contribution < 1.29 is 4.74 Å². The summed E-state index contributed by atoms with van der Waals surface area (Å²) < 4.78 is 5.40. The van der Waals surface area contributed by atoms with Gasteiger partial charge in [0.25, 0.3) is 0 Å². The van der Waals surface area contributed by atoms with E-state index in [9.17, 15) is 0 Å². The second-order valence-corrected chi connectivity index (χ2v) is 5.37. The molecule has 0 bridgehead atoms. The Hall–Kier alpha value is -0.440. The molecule has 0 heterocycles. The van der Waals surface area contributed by atoms with Crippen molar-refractivity contribution in [3.8, 4) is 5.75 Å². The Morgan fingerprint density at radius 2 is 2.12 bits per heavy atom. The first kappa shape index (κ1) is 13.0. The molecule has 0 radical (unpaired) electrons. The standard InChI is InChI=1S/C13H17Cl2NO/c1-17-13-11(6-9(14)7-12(13)15)10(4-5-16)8-2-3-8/h6-8,10H,2-5,16H2,1H3. The van der Waals surface area contributed by atoms with E-state index in [1.165, 1.54) is 12.8 Å². The molecule has 1 saturated carbocycles. The second-order valence-electron chi connectivity index (χ2n) is 4.53. The highest BCUT2D eigenvalue weighted by molar-refractivity contribution is 6.35. The van der Waals surface area contributed by atoms with Crippen molar-refractivity contribution in [2.24, 2.45) is 11.7 Å². The van der Waals surface area contributed by atoms with E-state index in [2.05, 4.69) is 0 Å². The minimum Gasteiger partial charge on any atom is -0.495 e. The van der Waals surface area contributed by atoms with Crippen molar-refractivity contribution in [1.82, 2.24) is 0 Å². The van der Waals surface area contributed by atoms with E-state index in [0.29, 0.717) is 28.4 Å². The lowest BCUT2D eigenvalue weighted by atomic mass is 9.90. The lowest BCUT2D eigenvalue weighted by Crippen LogP contribution is -2.10. The van der Waals surface area contributed by atoms with Gasteiger partial charge >= 0.3 is 0 Å². The van der Waals surface area contributed by atoms with E-state index < -0.39 is 0 Å². The first-order valence-electron chi connectivity index (χ1n) is 5.90. The lowest BCUT2D eigenvalue weighted by molar-refractivity contribution is 0.400. The third kappa shape index (κ3) is 2.87. The van der Waals surface area contributed by atoms with E-state index in [1.807, 2.05) is 6.07 Å². The number of benzene rings is 1. The number of hydrogen-bond acceptors (Lipinski definition) is 2. The highest BCUT2D eigenvalue weighted by Crippen LogP contribution is 2.48. The van der Waals surface area contributed by atoms with Crippen molar-refractivity contribution >= 4 is 23.2 Å². The SMILES string of the molecule is COc1c(Cl)cc(Cl)cc1C(CCN)C1CC1. The Morgan fingerprint density at radius 3 is 2.65 bits per heavy atom. The van der Waals surface area contributed by atoms with Crippen molar-refractivity contribution in [2.75, 3.05) is 13.7 Å². The zero-order valence-corrected chi connectivity index (χ0v) is 11.4. The predicted molar refractivity (Wildman–Crippen MR) is 72.2 cm³/mol. The fourth-order valence-electron chi connectivity index (χ4n) is 2.39. The second kappa shape index (κ2) is 5.47. The fraction of sp³-hybridized carbons (Fsp3) is 0.538. The van der Waals surface area contributed by atoms with Crippen molar-refractivity contribution in [2.45, 2.75) is 25.2 Å². The molecular weight excluding hydrogens is 257 g/mol. The van der Waals surface area contributed by atoms with E-state index in [4.69, 9.17) is 33.7 Å². The molecule has 1 aromatic carbocycles. The molecule has 1 fully saturated rings. The smallest absolute Gasteiger partial charge is 0.141 e. The van der Waals surface area contributed by atoms with Gasteiger partial charge in [-0.25, -0.2) is 0 Å². The summed E-state index contributed by atoms with van der Waals surface area (Å²) >= 11 is 12.2. The van der Waals surface area contributed by atoms with Crippen LogP contribution in [0.3, 0.4) is 0 Å². The van der Waals surface area contributed by atoms with E-state index in [1.54, 1.807) is 13.2 Å². The molecule has 1 aromatic rings. The summed E-state index contributed by atoms with van der Waals surface area (Å²) in [7, 11) is 1.64. The topological polar surface area (TPSA) is 35.2 Å². The van der Waals surface area contributed by atoms with Crippen LogP contribution in [-0.4, -0.2) is 13.7 Å². The third-order valence-electron chi connectivity index (χ3n) is 3.31. The summed E-state index contributed by atoms with van der Waals surface area (Å²) in [6, 6.07) is 3.68. The summed E-state index contributed by atoms with van der Waals surface area (Å²) in [6.45, 7) is 0.675. The molecule has 1 aliphatic carbocycles. The Labute approximate surface area is 112 Å². The first-order chi connectivity index (χ1) is 8.17. The molecule has 1 unspecified atom stereocenters. The van der Waals surface area contributed by atoms with Gasteiger partial charge in [0.15, 0.2) is 0 Å². The van der Waals surface area contributed by atoms with Gasteiger partial charge in [0, 0.05) is 10.6 Å². The Balaban J connectivity index is 2.39. The summed E-state index contributed by atoms with van der Waals surface area (Å²) in [5, 5.41) is 1.24. The quantitative estimate of drug-likeness (QED) is 0.885. The molecule has 0 amide bonds. The van der Waals surface area contributed by atoms with Crippen LogP contribution >= 0.6 is 23.2 Å². The highest BCUT2D eigenvalue weighted by atomic mass is 35.5. The number of nitrogens with two attached hydrogens (primary N) is 1. The van der Waals surface area contributed by atoms with Crippen molar-refractivity contribution in [1.29, 1.82) is 0 Å². The molecule has 2 N–H and O–H groups in total. The summed E-state index contributed by atoms with van der Waals surface area (Å²) in [5.74, 6) is 1.88. The molecular formula is C13H17Cl2NO. The van der Waals surface area contributed by atoms with Crippen LogP contribution in [0, 0.1) is 5.92 Å². The average Bonchev–Trinajstić information content (AvgIpc) is 3.08. The summed E-state index contributed by atoms with van der Waals surface area (Å²) in [6.07, 6.45) is 3.48. The van der Waals surface area contributed by atoms with Gasteiger partial charge in [0.1, 0.15) is 5.75 Å². The zero-order valence-electron chi connectivity index (χ0n) is 9.88. The molecule has 94 valence electrons. The van der Waals surface area contributed by atoms with Crippen LogP contribution in [0.4, 0.5) is 0 Å². The first-order valence-corrected chi connectivity index (χ1v) is 6.66. The van der Waals surface area contributed by atoms with Crippen LogP contribution in [0.15, 0.2) is 12.1 Å². The van der Waals surface area contributed by atoms with Gasteiger partial charge in [-0.05, 0) is 49.8 Å². The normalized spacial score (nSPS) is 16.9. The van der Waals surface area contributed by atoms with Crippen LogP contribution in [0.5, 0.6) is 5.75 Å². The summed E-state index contributed by atoms with van der Waals surface area (Å²) in [5.41, 5.74) is 6.80. The van der Waals surface area contributed by atoms with Gasteiger partial charge in [0.2, 0.25) is 0 Å². The molecule has 0 aromatic heterocycles. The largest absolute Gasteiger partial charge is 0.495 e. The van der Waals surface area contributed by atoms with Crippen LogP contribution in [0.1, 0.15) is 30.7 Å². The van der Waals surface area contributed by atoms with E-state index in [0.717, 1.165) is 17.7 Å². The maximum absolute atomic E-state index is 6.16. The van der Waals surface area contributed by atoms with Gasteiger partial charge in [-0.2, -0.15) is 0 Å². The molecule has 0 spiro atoms. The minimum atomic E-state index is 0.422. The average molecular weight is 274 g/mol. The summed E-state index contributed by atoms with van der Waals surface area (Å²) in [4.78, 5) is 0. The predicted octanol–water partition coefficient (Wildman–Crippen LogP) is 3.84. The number of rotatable bonds is 5. The van der Waals surface area contributed by atoms with Gasteiger partial charge in [-0.1, -0.05) is 23.2 Å². The Morgan fingerprint density at radius 1 is 1.41 bits per heavy atom. The maximum atomic E-state index is 6.16. The van der Waals surface area contributed by atoms with Gasteiger partial charge in [-0.3, -0.25) is 0 Å². The van der Waals surface area contributed by atoms with Gasteiger partial charge in [0.05, 0.1) is 12.1 Å². The van der Waals surface area contributed by atoms with Crippen LogP contribution in [0.2, 0.25) is 10.0 Å². The minimum absolute atomic E-state index is 0.422. The van der Waals surface area contributed by atoms with Crippen molar-refractivity contribution in [3.05, 3.63) is 27.7 Å². The van der Waals surface area contributed by atoms with Gasteiger partial charge in [-0.15, -0.1) is 0 Å². The number of halogens is 2. The van der Waals surface area contributed by atoms with Crippen LogP contribution in [0.25, 0.3) is 0 Å². The van der Waals surface area contributed by atoms with Gasteiger partial charge < -0.3 is 10.5 Å². The molecule has 0 aliphatic heterocycles. The monoisotopic (exact) mass is 273 g/mol. The maximum Gasteiger partial charge on any atom is 0.141 e. The zero-order chi connectivity index (χ0) is 12.4. The molecule has 2 rings (SSSR count). The lowest BCUT2D eigenvalue weighted by Gasteiger charge is -2.20. The van der Waals surface area contributed by atoms with E-state index in [-0.39, 0.29) is 0 Å². The van der Waals surface area contributed by atoms with Crippen LogP contribution < -0.4 is 10.5 Å².